The fourth-order valence-electron chi connectivity index (χ4n) is 0.779. The Morgan fingerprint density at radius 1 is 1.27 bits per heavy atom. The van der Waals surface area contributed by atoms with Crippen molar-refractivity contribution >= 4 is 0 Å². The quantitative estimate of drug-likeness (QED) is 0.515. The van der Waals surface area contributed by atoms with Crippen molar-refractivity contribution in [3.05, 3.63) is 6.61 Å². The van der Waals surface area contributed by atoms with Crippen LogP contribution in [0.5, 0.6) is 0 Å². The van der Waals surface area contributed by atoms with E-state index in [9.17, 15) is 0 Å². The standard InChI is InChI=1S/C10H21O/c1-4-5-6-8-11-9-7-10(2)3/h9-10H,4-8H2,1-3H3. The Morgan fingerprint density at radius 3 is 2.55 bits per heavy atom. The third-order valence-corrected chi connectivity index (χ3v) is 1.55. The molecule has 0 aliphatic rings. The van der Waals surface area contributed by atoms with Crippen molar-refractivity contribution in [2.24, 2.45) is 5.92 Å². The summed E-state index contributed by atoms with van der Waals surface area (Å²) in [5.74, 6) is 0.723. The molecule has 1 heteroatoms. The fourth-order valence-corrected chi connectivity index (χ4v) is 0.779. The monoisotopic (exact) mass is 157 g/mol. The van der Waals surface area contributed by atoms with Crippen LogP contribution in [-0.2, 0) is 4.74 Å². The summed E-state index contributed by atoms with van der Waals surface area (Å²) in [5.41, 5.74) is 0. The molecule has 0 aromatic heterocycles. The first-order valence-electron chi connectivity index (χ1n) is 4.70. The maximum absolute atomic E-state index is 5.32. The van der Waals surface area contributed by atoms with Gasteiger partial charge in [-0.3, -0.25) is 0 Å². The molecule has 0 saturated carbocycles. The van der Waals surface area contributed by atoms with Crippen molar-refractivity contribution in [2.45, 2.75) is 46.5 Å². The molecule has 0 fully saturated rings. The molecule has 0 bridgehead atoms. The van der Waals surface area contributed by atoms with Crippen molar-refractivity contribution in [3.63, 3.8) is 0 Å². The minimum atomic E-state index is 0.723. The average molecular weight is 157 g/mol. The highest BCUT2D eigenvalue weighted by molar-refractivity contribution is 4.54. The van der Waals surface area contributed by atoms with Crippen molar-refractivity contribution < 1.29 is 4.74 Å². The highest BCUT2D eigenvalue weighted by atomic mass is 16.5. The minimum absolute atomic E-state index is 0.723. The predicted molar refractivity (Wildman–Crippen MR) is 49.2 cm³/mol. The highest BCUT2D eigenvalue weighted by Crippen LogP contribution is 2.04. The van der Waals surface area contributed by atoms with Crippen molar-refractivity contribution in [1.82, 2.24) is 0 Å². The molecule has 0 aromatic rings. The lowest BCUT2D eigenvalue weighted by Crippen LogP contribution is -1.94. The van der Waals surface area contributed by atoms with Crippen LogP contribution in [0.3, 0.4) is 0 Å². The first kappa shape index (κ1) is 11.0. The summed E-state index contributed by atoms with van der Waals surface area (Å²) in [6.45, 7) is 9.45. The van der Waals surface area contributed by atoms with Gasteiger partial charge in [0.1, 0.15) is 0 Å². The normalized spacial score (nSPS) is 10.9. The predicted octanol–water partition coefficient (Wildman–Crippen LogP) is 3.40. The van der Waals surface area contributed by atoms with Crippen LogP contribution in [0.2, 0.25) is 0 Å². The number of hydrogen-bond donors (Lipinski definition) is 0. The largest absolute Gasteiger partial charge is 0.376 e. The number of hydrogen-bond acceptors (Lipinski definition) is 1. The summed E-state index contributed by atoms with van der Waals surface area (Å²) in [7, 11) is 0. The van der Waals surface area contributed by atoms with Gasteiger partial charge in [-0.25, -0.2) is 0 Å². The summed E-state index contributed by atoms with van der Waals surface area (Å²) in [6.07, 6.45) is 4.83. The van der Waals surface area contributed by atoms with Gasteiger partial charge in [0.2, 0.25) is 0 Å². The summed E-state index contributed by atoms with van der Waals surface area (Å²) in [5, 5.41) is 0. The molecule has 0 rings (SSSR count). The van der Waals surface area contributed by atoms with Crippen molar-refractivity contribution in [1.29, 1.82) is 0 Å². The Hall–Kier alpha value is -0.0400. The molecule has 67 valence electrons. The van der Waals surface area contributed by atoms with E-state index in [4.69, 9.17) is 4.74 Å². The van der Waals surface area contributed by atoms with E-state index in [1.165, 1.54) is 19.3 Å². The Kier molecular flexibility index (Phi) is 8.03. The lowest BCUT2D eigenvalue weighted by molar-refractivity contribution is 0.179. The summed E-state index contributed by atoms with van der Waals surface area (Å²) < 4.78 is 5.32. The summed E-state index contributed by atoms with van der Waals surface area (Å²) in [4.78, 5) is 0. The van der Waals surface area contributed by atoms with Gasteiger partial charge < -0.3 is 4.74 Å². The van der Waals surface area contributed by atoms with Crippen LogP contribution >= 0.6 is 0 Å². The Bertz CT molecular complexity index is 69.3. The lowest BCUT2D eigenvalue weighted by Gasteiger charge is -2.04. The highest BCUT2D eigenvalue weighted by Gasteiger charge is 1.93. The number of unbranched alkanes of at least 4 members (excludes halogenated alkanes) is 2. The van der Waals surface area contributed by atoms with Gasteiger partial charge in [0.15, 0.2) is 0 Å². The van der Waals surface area contributed by atoms with E-state index < -0.39 is 0 Å². The van der Waals surface area contributed by atoms with Crippen LogP contribution in [0.4, 0.5) is 0 Å². The second-order valence-corrected chi connectivity index (χ2v) is 3.37. The molecule has 0 amide bonds. The van der Waals surface area contributed by atoms with Crippen molar-refractivity contribution in [3.8, 4) is 0 Å². The maximum Gasteiger partial charge on any atom is 0.0839 e. The maximum atomic E-state index is 5.32. The van der Waals surface area contributed by atoms with Gasteiger partial charge in [-0.2, -0.15) is 0 Å². The zero-order chi connectivity index (χ0) is 8.53. The Labute approximate surface area is 71.1 Å². The molecule has 0 N–H and O–H groups in total. The van der Waals surface area contributed by atoms with E-state index in [2.05, 4.69) is 20.8 Å². The van der Waals surface area contributed by atoms with E-state index in [1.807, 2.05) is 6.61 Å². The van der Waals surface area contributed by atoms with Crippen LogP contribution in [0.15, 0.2) is 0 Å². The van der Waals surface area contributed by atoms with E-state index in [1.54, 1.807) is 0 Å². The third kappa shape index (κ3) is 9.96. The molecular formula is C10H21O. The second kappa shape index (κ2) is 8.06. The van der Waals surface area contributed by atoms with Crippen LogP contribution in [0, 0.1) is 12.5 Å². The van der Waals surface area contributed by atoms with Gasteiger partial charge in [-0.15, -0.1) is 0 Å². The summed E-state index contributed by atoms with van der Waals surface area (Å²) >= 11 is 0. The van der Waals surface area contributed by atoms with E-state index in [0.717, 1.165) is 18.9 Å². The van der Waals surface area contributed by atoms with Crippen LogP contribution < -0.4 is 0 Å². The fraction of sp³-hybridized carbons (Fsp3) is 0.900. The molecule has 0 atom stereocenters. The van der Waals surface area contributed by atoms with Crippen molar-refractivity contribution in [2.75, 3.05) is 6.61 Å². The van der Waals surface area contributed by atoms with E-state index in [-0.39, 0.29) is 0 Å². The number of rotatable bonds is 7. The van der Waals surface area contributed by atoms with Gasteiger partial charge >= 0.3 is 0 Å². The zero-order valence-electron chi connectivity index (χ0n) is 8.10. The molecular weight excluding hydrogens is 136 g/mol. The number of ether oxygens (including phenoxy) is 1. The zero-order valence-corrected chi connectivity index (χ0v) is 8.10. The Morgan fingerprint density at radius 2 is 2.00 bits per heavy atom. The first-order chi connectivity index (χ1) is 5.27. The van der Waals surface area contributed by atoms with Crippen LogP contribution in [-0.4, -0.2) is 6.61 Å². The van der Waals surface area contributed by atoms with Gasteiger partial charge in [-0.05, 0) is 18.8 Å². The molecule has 0 aromatic carbocycles. The third-order valence-electron chi connectivity index (χ3n) is 1.55. The molecule has 0 aliphatic carbocycles. The first-order valence-corrected chi connectivity index (χ1v) is 4.70. The summed E-state index contributed by atoms with van der Waals surface area (Å²) in [6, 6.07) is 0. The minimum Gasteiger partial charge on any atom is -0.376 e. The topological polar surface area (TPSA) is 9.23 Å². The molecule has 0 spiro atoms. The molecule has 0 heterocycles. The van der Waals surface area contributed by atoms with Gasteiger partial charge in [0.05, 0.1) is 6.61 Å². The molecule has 0 saturated heterocycles. The van der Waals surface area contributed by atoms with Gasteiger partial charge in [0.25, 0.3) is 0 Å². The average Bonchev–Trinajstić information content (AvgIpc) is 1.96. The smallest absolute Gasteiger partial charge is 0.0839 e. The van der Waals surface area contributed by atoms with Gasteiger partial charge in [-0.1, -0.05) is 33.6 Å². The SMILES string of the molecule is CCCCCO[CH]CC(C)C. The van der Waals surface area contributed by atoms with Crippen LogP contribution in [0.1, 0.15) is 46.5 Å². The van der Waals surface area contributed by atoms with E-state index in [0.29, 0.717) is 0 Å². The molecule has 0 unspecified atom stereocenters. The van der Waals surface area contributed by atoms with E-state index >= 15 is 0 Å². The molecule has 1 nitrogen and oxygen atoms in total. The Balaban J connectivity index is 2.80. The lowest BCUT2D eigenvalue weighted by atomic mass is 10.1. The van der Waals surface area contributed by atoms with Crippen LogP contribution in [0.25, 0.3) is 0 Å². The second-order valence-electron chi connectivity index (χ2n) is 3.37. The molecule has 11 heavy (non-hydrogen) atoms. The molecule has 1 radical (unpaired) electrons. The van der Waals surface area contributed by atoms with Gasteiger partial charge in [0, 0.05) is 6.61 Å². The molecule has 0 aliphatic heterocycles.